The SMILES string of the molecule is CC[C@H](C)C[C@@H](/C=C/C[C@H](C)CC/C(O)=C1/C(=O)C[C@@H](C)OC1=O)C(=O)O. The van der Waals surface area contributed by atoms with Gasteiger partial charge in [0.25, 0.3) is 0 Å². The number of esters is 1. The zero-order chi connectivity index (χ0) is 20.6. The molecule has 6 nitrogen and oxygen atoms in total. The number of cyclic esters (lactones) is 1. The Morgan fingerprint density at radius 3 is 2.48 bits per heavy atom. The molecule has 1 rings (SSSR count). The van der Waals surface area contributed by atoms with Crippen LogP contribution < -0.4 is 0 Å². The van der Waals surface area contributed by atoms with Crippen LogP contribution in [0.1, 0.15) is 66.2 Å². The smallest absolute Gasteiger partial charge is 0.345 e. The zero-order valence-corrected chi connectivity index (χ0v) is 16.7. The molecule has 0 aliphatic carbocycles. The van der Waals surface area contributed by atoms with Gasteiger partial charge in [0, 0.05) is 12.8 Å². The molecule has 0 amide bonds. The van der Waals surface area contributed by atoms with E-state index in [0.717, 1.165) is 6.42 Å². The second-order valence-electron chi connectivity index (χ2n) is 7.67. The number of hydrogen-bond donors (Lipinski definition) is 2. The highest BCUT2D eigenvalue weighted by Crippen LogP contribution is 2.23. The van der Waals surface area contributed by atoms with Gasteiger partial charge < -0.3 is 14.9 Å². The van der Waals surface area contributed by atoms with E-state index < -0.39 is 24.0 Å². The average Bonchev–Trinajstić information content (AvgIpc) is 2.57. The van der Waals surface area contributed by atoms with E-state index in [1.807, 2.05) is 26.8 Å². The molecule has 0 saturated carbocycles. The number of Topliss-reactive ketones (excluding diaryl/α,β-unsaturated/α-hetero) is 1. The van der Waals surface area contributed by atoms with E-state index in [0.29, 0.717) is 25.2 Å². The number of hydrogen-bond acceptors (Lipinski definition) is 5. The molecule has 0 bridgehead atoms. The lowest BCUT2D eigenvalue weighted by Gasteiger charge is -2.20. The maximum atomic E-state index is 11.9. The minimum absolute atomic E-state index is 0.0934. The van der Waals surface area contributed by atoms with Crippen LogP contribution in [0, 0.1) is 17.8 Å². The first kappa shape index (κ1) is 22.9. The van der Waals surface area contributed by atoms with Crippen LogP contribution in [0.15, 0.2) is 23.5 Å². The average molecular weight is 380 g/mol. The summed E-state index contributed by atoms with van der Waals surface area (Å²) in [4.78, 5) is 35.1. The minimum Gasteiger partial charge on any atom is -0.511 e. The van der Waals surface area contributed by atoms with Crippen LogP contribution in [0.4, 0.5) is 0 Å². The number of carbonyl (C=O) groups is 3. The summed E-state index contributed by atoms with van der Waals surface area (Å²) in [5.41, 5.74) is -0.227. The predicted molar refractivity (Wildman–Crippen MR) is 102 cm³/mol. The van der Waals surface area contributed by atoms with Crippen molar-refractivity contribution in [2.75, 3.05) is 0 Å². The Morgan fingerprint density at radius 2 is 1.93 bits per heavy atom. The topological polar surface area (TPSA) is 101 Å². The normalized spacial score (nSPS) is 23.0. The highest BCUT2D eigenvalue weighted by atomic mass is 16.5. The number of carboxylic acids is 1. The van der Waals surface area contributed by atoms with Crippen molar-refractivity contribution in [3.05, 3.63) is 23.5 Å². The van der Waals surface area contributed by atoms with Crippen molar-refractivity contribution < 1.29 is 29.3 Å². The third-order valence-electron chi connectivity index (χ3n) is 5.00. The van der Waals surface area contributed by atoms with E-state index in [9.17, 15) is 24.6 Å². The van der Waals surface area contributed by atoms with Crippen LogP contribution in [-0.2, 0) is 19.1 Å². The Labute approximate surface area is 161 Å². The van der Waals surface area contributed by atoms with E-state index >= 15 is 0 Å². The first-order valence-corrected chi connectivity index (χ1v) is 9.71. The van der Waals surface area contributed by atoms with Crippen molar-refractivity contribution in [2.45, 2.75) is 72.3 Å². The number of aliphatic carboxylic acids is 1. The van der Waals surface area contributed by atoms with Crippen molar-refractivity contribution in [3.8, 4) is 0 Å². The van der Waals surface area contributed by atoms with E-state index in [2.05, 4.69) is 0 Å². The van der Waals surface area contributed by atoms with E-state index in [4.69, 9.17) is 4.74 Å². The monoisotopic (exact) mass is 380 g/mol. The zero-order valence-electron chi connectivity index (χ0n) is 16.7. The fraction of sp³-hybridized carbons (Fsp3) is 0.667. The molecule has 4 atom stereocenters. The van der Waals surface area contributed by atoms with Crippen LogP contribution in [-0.4, -0.2) is 34.0 Å². The van der Waals surface area contributed by atoms with Gasteiger partial charge in [-0.2, -0.15) is 0 Å². The van der Waals surface area contributed by atoms with Crippen molar-refractivity contribution >= 4 is 17.7 Å². The van der Waals surface area contributed by atoms with Crippen molar-refractivity contribution in [3.63, 3.8) is 0 Å². The second-order valence-corrected chi connectivity index (χ2v) is 7.67. The molecule has 1 aliphatic rings. The van der Waals surface area contributed by atoms with E-state index in [1.165, 1.54) is 0 Å². The summed E-state index contributed by atoms with van der Waals surface area (Å²) in [6, 6.07) is 0. The van der Waals surface area contributed by atoms with Gasteiger partial charge in [0.15, 0.2) is 5.78 Å². The summed E-state index contributed by atoms with van der Waals surface area (Å²) in [7, 11) is 0. The second kappa shape index (κ2) is 10.9. The molecule has 0 spiro atoms. The molecule has 152 valence electrons. The van der Waals surface area contributed by atoms with Gasteiger partial charge in [0.1, 0.15) is 17.4 Å². The molecule has 1 heterocycles. The highest BCUT2D eigenvalue weighted by molar-refractivity contribution is 6.19. The van der Waals surface area contributed by atoms with Crippen LogP contribution >= 0.6 is 0 Å². The first-order chi connectivity index (χ1) is 12.6. The Kier molecular flexibility index (Phi) is 9.26. The summed E-state index contributed by atoms with van der Waals surface area (Å²) in [6.07, 6.45) is 6.29. The summed E-state index contributed by atoms with van der Waals surface area (Å²) < 4.78 is 5.01. The number of aliphatic hydroxyl groups is 1. The highest BCUT2D eigenvalue weighted by Gasteiger charge is 2.32. The third kappa shape index (κ3) is 7.57. The molecular weight excluding hydrogens is 348 g/mol. The summed E-state index contributed by atoms with van der Waals surface area (Å²) in [5.74, 6) is -2.11. The van der Waals surface area contributed by atoms with E-state index in [-0.39, 0.29) is 35.9 Å². The Hall–Kier alpha value is -2.11. The van der Waals surface area contributed by atoms with Gasteiger partial charge in [0.05, 0.1) is 5.92 Å². The summed E-state index contributed by atoms with van der Waals surface area (Å²) >= 11 is 0. The lowest BCUT2D eigenvalue weighted by atomic mass is 9.92. The van der Waals surface area contributed by atoms with Crippen molar-refractivity contribution in [1.29, 1.82) is 0 Å². The van der Waals surface area contributed by atoms with Crippen LogP contribution in [0.5, 0.6) is 0 Å². The van der Waals surface area contributed by atoms with Gasteiger partial charge in [0.2, 0.25) is 0 Å². The number of ketones is 1. The summed E-state index contributed by atoms with van der Waals surface area (Å²) in [5, 5.41) is 19.4. The fourth-order valence-corrected chi connectivity index (χ4v) is 3.00. The molecule has 27 heavy (non-hydrogen) atoms. The molecule has 0 aromatic rings. The molecule has 0 aromatic heterocycles. The summed E-state index contributed by atoms with van der Waals surface area (Å²) in [6.45, 7) is 7.71. The van der Waals surface area contributed by atoms with Gasteiger partial charge in [-0.05, 0) is 38.0 Å². The Bertz CT molecular complexity index is 584. The van der Waals surface area contributed by atoms with Gasteiger partial charge in [-0.1, -0.05) is 39.3 Å². The largest absolute Gasteiger partial charge is 0.511 e. The molecule has 0 unspecified atom stereocenters. The van der Waals surface area contributed by atoms with Gasteiger partial charge in [-0.3, -0.25) is 9.59 Å². The maximum absolute atomic E-state index is 11.9. The molecule has 0 aromatic carbocycles. The van der Waals surface area contributed by atoms with E-state index in [1.54, 1.807) is 13.0 Å². The fourth-order valence-electron chi connectivity index (χ4n) is 3.00. The van der Waals surface area contributed by atoms with Crippen LogP contribution in [0.25, 0.3) is 0 Å². The van der Waals surface area contributed by atoms with Crippen LogP contribution in [0.3, 0.4) is 0 Å². The predicted octanol–water partition coefficient (Wildman–Crippen LogP) is 4.20. The van der Waals surface area contributed by atoms with Crippen LogP contribution in [0.2, 0.25) is 0 Å². The Balaban J connectivity index is 2.55. The number of carbonyl (C=O) groups excluding carboxylic acids is 2. The molecule has 1 fully saturated rings. The number of aliphatic hydroxyl groups excluding tert-OH is 1. The Morgan fingerprint density at radius 1 is 1.26 bits per heavy atom. The maximum Gasteiger partial charge on any atom is 0.345 e. The first-order valence-electron chi connectivity index (χ1n) is 9.71. The van der Waals surface area contributed by atoms with Gasteiger partial charge >= 0.3 is 11.9 Å². The van der Waals surface area contributed by atoms with Gasteiger partial charge in [-0.25, -0.2) is 4.79 Å². The van der Waals surface area contributed by atoms with Crippen molar-refractivity contribution in [1.82, 2.24) is 0 Å². The molecule has 1 saturated heterocycles. The number of rotatable bonds is 10. The molecule has 2 N–H and O–H groups in total. The van der Waals surface area contributed by atoms with Gasteiger partial charge in [-0.15, -0.1) is 0 Å². The molecule has 1 aliphatic heterocycles. The number of ether oxygens (including phenoxy) is 1. The quantitative estimate of drug-likeness (QED) is 0.194. The third-order valence-corrected chi connectivity index (χ3v) is 5.00. The number of carboxylic acid groups (broad SMARTS) is 1. The lowest BCUT2D eigenvalue weighted by Crippen LogP contribution is -2.31. The van der Waals surface area contributed by atoms with Crippen molar-refractivity contribution in [2.24, 2.45) is 17.8 Å². The number of allylic oxidation sites excluding steroid dienone is 2. The lowest BCUT2D eigenvalue weighted by molar-refractivity contribution is -0.150. The molecule has 0 radical (unpaired) electrons. The standard InChI is InChI=1S/C21H32O6/c1-5-13(2)11-16(20(24)25)8-6-7-14(3)9-10-17(22)19-18(23)12-15(4)27-21(19)26/h6,8,13-16,22H,5,7,9-12H2,1-4H3,(H,24,25)/b8-6+,19-17+/t13-,14-,15+,16+/m0/s1. The minimum atomic E-state index is -0.815. The molecule has 6 heteroatoms. The molecular formula is C21H32O6.